The normalized spacial score (nSPS) is 12.0. The Morgan fingerprint density at radius 1 is 1.03 bits per heavy atom. The molecule has 0 spiro atoms. The highest BCUT2D eigenvalue weighted by atomic mass is 19.4. The fourth-order valence-corrected chi connectivity index (χ4v) is 2.47. The highest BCUT2D eigenvalue weighted by Gasteiger charge is 2.44. The SMILES string of the molecule is CCOC(=O)CNc1c(C(=O)C(F)(F)F)cc(C(=O)C(F)(F)F)c2cccnc12. The minimum atomic E-state index is -5.46. The zero-order valence-corrected chi connectivity index (χ0v) is 14.6. The largest absolute Gasteiger partial charge is 0.465 e. The van der Waals surface area contributed by atoms with Crippen LogP contribution >= 0.6 is 0 Å². The van der Waals surface area contributed by atoms with Gasteiger partial charge in [-0.2, -0.15) is 26.3 Å². The number of ketones is 2. The topological polar surface area (TPSA) is 85.4 Å². The zero-order chi connectivity index (χ0) is 22.0. The average molecular weight is 422 g/mol. The molecule has 0 saturated carbocycles. The molecule has 6 nitrogen and oxygen atoms in total. The van der Waals surface area contributed by atoms with Gasteiger partial charge in [-0.15, -0.1) is 0 Å². The Kier molecular flexibility index (Phi) is 6.14. The quantitative estimate of drug-likeness (QED) is 0.434. The Labute approximate surface area is 158 Å². The second-order valence-corrected chi connectivity index (χ2v) is 5.56. The molecule has 29 heavy (non-hydrogen) atoms. The number of nitrogens with one attached hydrogen (secondary N) is 1. The molecular weight excluding hydrogens is 410 g/mol. The van der Waals surface area contributed by atoms with Gasteiger partial charge in [0.05, 0.1) is 23.4 Å². The van der Waals surface area contributed by atoms with Crippen molar-refractivity contribution in [2.75, 3.05) is 18.5 Å². The van der Waals surface area contributed by atoms with E-state index in [1.807, 2.05) is 0 Å². The minimum absolute atomic E-state index is 0.0348. The number of benzene rings is 1. The van der Waals surface area contributed by atoms with E-state index in [1.54, 1.807) is 0 Å². The Morgan fingerprint density at radius 3 is 2.17 bits per heavy atom. The third-order valence-corrected chi connectivity index (χ3v) is 3.61. The van der Waals surface area contributed by atoms with Gasteiger partial charge >= 0.3 is 18.3 Å². The molecule has 0 aliphatic heterocycles. The van der Waals surface area contributed by atoms with Crippen molar-refractivity contribution >= 4 is 34.1 Å². The molecule has 156 valence electrons. The molecule has 0 saturated heterocycles. The van der Waals surface area contributed by atoms with Gasteiger partial charge in [0.15, 0.2) is 0 Å². The van der Waals surface area contributed by atoms with Crippen LogP contribution in [-0.2, 0) is 9.53 Å². The zero-order valence-electron chi connectivity index (χ0n) is 14.6. The number of anilines is 1. The number of alkyl halides is 6. The minimum Gasteiger partial charge on any atom is -0.465 e. The number of hydrogen-bond donors (Lipinski definition) is 1. The fraction of sp³-hybridized carbons (Fsp3) is 0.294. The van der Waals surface area contributed by atoms with Gasteiger partial charge < -0.3 is 10.1 Å². The van der Waals surface area contributed by atoms with Gasteiger partial charge in [-0.3, -0.25) is 19.4 Å². The number of ether oxygens (including phenoxy) is 1. The van der Waals surface area contributed by atoms with Crippen molar-refractivity contribution in [1.82, 2.24) is 4.98 Å². The number of esters is 1. The standard InChI is InChI=1S/C17H12F6N2O4/c1-2-29-11(26)7-25-13-10(15(28)17(21,22)23)6-9(14(27)16(18,19)20)8-4-3-5-24-12(8)13/h3-6,25H,2,7H2,1H3. The lowest BCUT2D eigenvalue weighted by Crippen LogP contribution is -2.28. The molecule has 0 fully saturated rings. The van der Waals surface area contributed by atoms with Crippen LogP contribution in [-0.4, -0.2) is 48.0 Å². The lowest BCUT2D eigenvalue weighted by atomic mass is 9.96. The Hall–Kier alpha value is -3.18. The summed E-state index contributed by atoms with van der Waals surface area (Å²) < 4.78 is 82.4. The molecular formula is C17H12F6N2O4. The van der Waals surface area contributed by atoms with Crippen LogP contribution in [0.5, 0.6) is 0 Å². The number of hydrogen-bond acceptors (Lipinski definition) is 6. The van der Waals surface area contributed by atoms with Gasteiger partial charge in [0.2, 0.25) is 0 Å². The smallest absolute Gasteiger partial charge is 0.454 e. The molecule has 0 atom stereocenters. The van der Waals surface area contributed by atoms with Crippen molar-refractivity contribution in [2.45, 2.75) is 19.3 Å². The first-order valence-corrected chi connectivity index (χ1v) is 7.92. The summed E-state index contributed by atoms with van der Waals surface area (Å²) in [5.41, 5.74) is -3.61. The van der Waals surface area contributed by atoms with Crippen LogP contribution < -0.4 is 5.32 Å². The van der Waals surface area contributed by atoms with Gasteiger partial charge in [-0.05, 0) is 19.1 Å². The maximum Gasteiger partial charge on any atom is 0.454 e. The number of rotatable bonds is 6. The van der Waals surface area contributed by atoms with Crippen LogP contribution in [0, 0.1) is 0 Å². The summed E-state index contributed by atoms with van der Waals surface area (Å²) in [5.74, 6) is -5.84. The van der Waals surface area contributed by atoms with E-state index < -0.39 is 64.2 Å². The van der Waals surface area contributed by atoms with Crippen LogP contribution in [0.4, 0.5) is 32.0 Å². The monoisotopic (exact) mass is 422 g/mol. The predicted octanol–water partition coefficient (Wildman–Crippen LogP) is 3.70. The summed E-state index contributed by atoms with van der Waals surface area (Å²) >= 11 is 0. The second-order valence-electron chi connectivity index (χ2n) is 5.56. The van der Waals surface area contributed by atoms with E-state index in [1.165, 1.54) is 6.92 Å². The number of carbonyl (C=O) groups is 3. The summed E-state index contributed by atoms with van der Waals surface area (Å²) in [6.07, 6.45) is -9.82. The first kappa shape index (κ1) is 22.1. The van der Waals surface area contributed by atoms with E-state index in [2.05, 4.69) is 15.0 Å². The highest BCUT2D eigenvalue weighted by molar-refractivity contribution is 6.18. The summed E-state index contributed by atoms with van der Waals surface area (Å²) in [6, 6.07) is 2.39. The summed E-state index contributed by atoms with van der Waals surface area (Å²) in [6.45, 7) is 0.752. The van der Waals surface area contributed by atoms with E-state index >= 15 is 0 Å². The van der Waals surface area contributed by atoms with E-state index in [-0.39, 0.29) is 12.7 Å². The number of nitrogens with zero attached hydrogens (tertiary/aromatic N) is 1. The van der Waals surface area contributed by atoms with Crippen molar-refractivity contribution in [1.29, 1.82) is 0 Å². The maximum absolute atomic E-state index is 13.0. The third-order valence-electron chi connectivity index (χ3n) is 3.61. The number of halogens is 6. The molecule has 0 aliphatic carbocycles. The fourth-order valence-electron chi connectivity index (χ4n) is 2.47. The first-order valence-electron chi connectivity index (χ1n) is 7.92. The average Bonchev–Trinajstić information content (AvgIpc) is 2.63. The summed E-state index contributed by atoms with van der Waals surface area (Å²) in [4.78, 5) is 38.8. The number of pyridine rings is 1. The van der Waals surface area contributed by atoms with E-state index in [9.17, 15) is 40.7 Å². The number of Topliss-reactive ketones (excluding diaryl/α,β-unsaturated/α-hetero) is 2. The molecule has 1 aromatic carbocycles. The van der Waals surface area contributed by atoms with Crippen molar-refractivity contribution in [3.63, 3.8) is 0 Å². The molecule has 1 N–H and O–H groups in total. The van der Waals surface area contributed by atoms with Gasteiger partial charge in [0, 0.05) is 17.1 Å². The molecule has 1 aromatic heterocycles. The molecule has 0 bridgehead atoms. The molecule has 1 heterocycles. The molecule has 0 radical (unpaired) electrons. The molecule has 12 heteroatoms. The Morgan fingerprint density at radius 2 is 1.62 bits per heavy atom. The van der Waals surface area contributed by atoms with E-state index in [0.717, 1.165) is 18.3 Å². The second kappa shape index (κ2) is 8.05. The number of carbonyl (C=O) groups excluding carboxylic acids is 3. The Bertz CT molecular complexity index is 969. The third kappa shape index (κ3) is 4.81. The summed E-state index contributed by atoms with van der Waals surface area (Å²) in [7, 11) is 0. The first-order chi connectivity index (χ1) is 13.4. The van der Waals surface area contributed by atoms with Crippen molar-refractivity contribution in [2.24, 2.45) is 0 Å². The van der Waals surface area contributed by atoms with Crippen LogP contribution in [0.3, 0.4) is 0 Å². The maximum atomic E-state index is 13.0. The van der Waals surface area contributed by atoms with Gasteiger partial charge in [0.1, 0.15) is 6.54 Å². The van der Waals surface area contributed by atoms with Crippen LogP contribution in [0.15, 0.2) is 24.4 Å². The molecule has 0 amide bonds. The van der Waals surface area contributed by atoms with E-state index in [4.69, 9.17) is 0 Å². The van der Waals surface area contributed by atoms with Crippen molar-refractivity contribution in [3.8, 4) is 0 Å². The Balaban J connectivity index is 2.77. The van der Waals surface area contributed by atoms with Crippen LogP contribution in [0.1, 0.15) is 27.6 Å². The van der Waals surface area contributed by atoms with Crippen LogP contribution in [0.25, 0.3) is 10.9 Å². The lowest BCUT2D eigenvalue weighted by molar-refractivity contribution is -0.140. The van der Waals surface area contributed by atoms with Crippen molar-refractivity contribution < 1.29 is 45.5 Å². The van der Waals surface area contributed by atoms with Crippen molar-refractivity contribution in [3.05, 3.63) is 35.5 Å². The van der Waals surface area contributed by atoms with E-state index in [0.29, 0.717) is 0 Å². The van der Waals surface area contributed by atoms with Gasteiger partial charge in [-0.25, -0.2) is 0 Å². The number of fused-ring (bicyclic) bond motifs is 1. The number of aromatic nitrogens is 1. The molecule has 0 aliphatic rings. The molecule has 0 unspecified atom stereocenters. The van der Waals surface area contributed by atoms with Crippen LogP contribution in [0.2, 0.25) is 0 Å². The molecule has 2 rings (SSSR count). The van der Waals surface area contributed by atoms with Gasteiger partial charge in [-0.1, -0.05) is 6.07 Å². The lowest BCUT2D eigenvalue weighted by Gasteiger charge is -2.17. The molecule has 2 aromatic rings. The predicted molar refractivity (Wildman–Crippen MR) is 87.6 cm³/mol. The summed E-state index contributed by atoms with van der Waals surface area (Å²) in [5, 5.41) is 1.80. The van der Waals surface area contributed by atoms with Gasteiger partial charge in [0.25, 0.3) is 11.6 Å². The highest BCUT2D eigenvalue weighted by Crippen LogP contribution is 2.35.